The minimum absolute atomic E-state index is 0.0200. The molecule has 0 bridgehead atoms. The zero-order valence-corrected chi connectivity index (χ0v) is 10.9. The summed E-state index contributed by atoms with van der Waals surface area (Å²) in [5.74, 6) is 0.255. The average molecular weight is 248 g/mol. The van der Waals surface area contributed by atoms with Crippen molar-refractivity contribution in [1.82, 2.24) is 5.32 Å². The minimum Gasteiger partial charge on any atom is -0.508 e. The molecule has 0 radical (unpaired) electrons. The van der Waals surface area contributed by atoms with Crippen LogP contribution in [0, 0.1) is 13.8 Å². The van der Waals surface area contributed by atoms with Gasteiger partial charge in [0.1, 0.15) is 5.75 Å². The van der Waals surface area contributed by atoms with E-state index in [2.05, 4.69) is 10.6 Å². The van der Waals surface area contributed by atoms with Crippen LogP contribution in [0.15, 0.2) is 12.1 Å². The van der Waals surface area contributed by atoms with E-state index in [9.17, 15) is 9.90 Å². The van der Waals surface area contributed by atoms with Gasteiger partial charge in [-0.3, -0.25) is 4.79 Å². The average Bonchev–Trinajstić information content (AvgIpc) is 2.34. The zero-order valence-electron chi connectivity index (χ0n) is 10.9. The number of hydrogen-bond donors (Lipinski definition) is 3. The Bertz CT molecular complexity index is 428. The van der Waals surface area contributed by atoms with Gasteiger partial charge in [0.25, 0.3) is 0 Å². The van der Waals surface area contributed by atoms with Crippen LogP contribution in [0.1, 0.15) is 30.4 Å². The van der Waals surface area contributed by atoms with Gasteiger partial charge in [0, 0.05) is 5.69 Å². The van der Waals surface area contributed by atoms with Gasteiger partial charge in [-0.2, -0.15) is 0 Å². The van der Waals surface area contributed by atoms with Crippen molar-refractivity contribution in [1.29, 1.82) is 0 Å². The highest BCUT2D eigenvalue weighted by molar-refractivity contribution is 5.96. The van der Waals surface area contributed by atoms with Gasteiger partial charge in [-0.1, -0.05) is 6.42 Å². The fourth-order valence-corrected chi connectivity index (χ4v) is 2.42. The van der Waals surface area contributed by atoms with Crippen molar-refractivity contribution in [2.45, 2.75) is 39.2 Å². The van der Waals surface area contributed by atoms with Crippen molar-refractivity contribution in [3.63, 3.8) is 0 Å². The third kappa shape index (κ3) is 2.82. The van der Waals surface area contributed by atoms with E-state index in [1.165, 1.54) is 0 Å². The molecular weight excluding hydrogens is 228 g/mol. The SMILES string of the molecule is Cc1cc(O)cc(C)c1NC(=O)C1CCCCN1. The topological polar surface area (TPSA) is 61.4 Å². The number of piperidine rings is 1. The fourth-order valence-electron chi connectivity index (χ4n) is 2.42. The first-order valence-electron chi connectivity index (χ1n) is 6.42. The Morgan fingerprint density at radius 2 is 2.00 bits per heavy atom. The quantitative estimate of drug-likeness (QED) is 0.702. The third-order valence-corrected chi connectivity index (χ3v) is 3.39. The Labute approximate surface area is 107 Å². The van der Waals surface area contributed by atoms with E-state index in [0.29, 0.717) is 0 Å². The first-order valence-corrected chi connectivity index (χ1v) is 6.42. The second-order valence-electron chi connectivity index (χ2n) is 4.95. The first kappa shape index (κ1) is 12.9. The van der Waals surface area contributed by atoms with Crippen LogP contribution in [0.3, 0.4) is 0 Å². The maximum atomic E-state index is 12.1. The van der Waals surface area contributed by atoms with Crippen molar-refractivity contribution in [2.75, 3.05) is 11.9 Å². The molecule has 1 aliphatic rings. The molecule has 1 fully saturated rings. The van der Waals surface area contributed by atoms with Crippen molar-refractivity contribution >= 4 is 11.6 Å². The number of benzene rings is 1. The Balaban J connectivity index is 2.11. The maximum Gasteiger partial charge on any atom is 0.241 e. The molecule has 18 heavy (non-hydrogen) atoms. The Kier molecular flexibility index (Phi) is 3.87. The molecule has 4 heteroatoms. The molecule has 1 amide bonds. The molecule has 98 valence electrons. The summed E-state index contributed by atoms with van der Waals surface area (Å²) in [7, 11) is 0. The van der Waals surface area contributed by atoms with E-state index >= 15 is 0 Å². The van der Waals surface area contributed by atoms with Gasteiger partial charge >= 0.3 is 0 Å². The minimum atomic E-state index is -0.0913. The lowest BCUT2D eigenvalue weighted by molar-refractivity contribution is -0.118. The van der Waals surface area contributed by atoms with Crippen molar-refractivity contribution in [2.24, 2.45) is 0 Å². The molecule has 1 heterocycles. The third-order valence-electron chi connectivity index (χ3n) is 3.39. The highest BCUT2D eigenvalue weighted by Gasteiger charge is 2.21. The van der Waals surface area contributed by atoms with Crippen molar-refractivity contribution in [3.05, 3.63) is 23.3 Å². The van der Waals surface area contributed by atoms with Gasteiger partial charge in [0.2, 0.25) is 5.91 Å². The standard InChI is InChI=1S/C14H20N2O2/c1-9-7-11(17)8-10(2)13(9)16-14(18)12-5-3-4-6-15-12/h7-8,12,15,17H,3-6H2,1-2H3,(H,16,18). The van der Waals surface area contributed by atoms with E-state index in [-0.39, 0.29) is 17.7 Å². The largest absolute Gasteiger partial charge is 0.508 e. The van der Waals surface area contributed by atoms with E-state index in [0.717, 1.165) is 42.6 Å². The maximum absolute atomic E-state index is 12.1. The van der Waals surface area contributed by atoms with Gasteiger partial charge < -0.3 is 15.7 Å². The predicted octanol–water partition coefficient (Wildman–Crippen LogP) is 2.09. The lowest BCUT2D eigenvalue weighted by Gasteiger charge is -2.23. The number of hydrogen-bond acceptors (Lipinski definition) is 3. The number of anilines is 1. The normalized spacial score (nSPS) is 19.6. The number of rotatable bonds is 2. The van der Waals surface area contributed by atoms with Crippen LogP contribution in [-0.2, 0) is 4.79 Å². The summed E-state index contributed by atoms with van der Waals surface area (Å²) < 4.78 is 0. The highest BCUT2D eigenvalue weighted by Crippen LogP contribution is 2.25. The predicted molar refractivity (Wildman–Crippen MR) is 71.9 cm³/mol. The molecule has 3 N–H and O–H groups in total. The van der Waals surface area contributed by atoms with Crippen LogP contribution in [0.2, 0.25) is 0 Å². The molecule has 2 rings (SSSR count). The number of phenols is 1. The summed E-state index contributed by atoms with van der Waals surface area (Å²) in [6, 6.07) is 3.24. The van der Waals surface area contributed by atoms with E-state index in [1.54, 1.807) is 12.1 Å². The van der Waals surface area contributed by atoms with E-state index in [1.807, 2.05) is 13.8 Å². The first-order chi connectivity index (χ1) is 8.58. The highest BCUT2D eigenvalue weighted by atomic mass is 16.3. The van der Waals surface area contributed by atoms with Crippen LogP contribution >= 0.6 is 0 Å². The number of phenolic OH excluding ortho intramolecular Hbond substituents is 1. The van der Waals surface area contributed by atoms with Gasteiger partial charge in [-0.15, -0.1) is 0 Å². The Morgan fingerprint density at radius 3 is 2.56 bits per heavy atom. The van der Waals surface area contributed by atoms with Gasteiger partial charge in [0.05, 0.1) is 6.04 Å². The number of nitrogens with one attached hydrogen (secondary N) is 2. The molecular formula is C14H20N2O2. The molecule has 1 aromatic carbocycles. The van der Waals surface area contributed by atoms with Crippen molar-refractivity contribution < 1.29 is 9.90 Å². The lowest BCUT2D eigenvalue weighted by Crippen LogP contribution is -2.43. The number of carbonyl (C=O) groups is 1. The molecule has 1 aromatic rings. The van der Waals surface area contributed by atoms with Crippen LogP contribution < -0.4 is 10.6 Å². The number of amides is 1. The summed E-state index contributed by atoms with van der Waals surface area (Å²) in [5.41, 5.74) is 2.58. The van der Waals surface area contributed by atoms with Crippen molar-refractivity contribution in [3.8, 4) is 5.75 Å². The number of aryl methyl sites for hydroxylation is 2. The van der Waals surface area contributed by atoms with Crippen LogP contribution in [-0.4, -0.2) is 23.6 Å². The number of aromatic hydroxyl groups is 1. The molecule has 1 atom stereocenters. The zero-order chi connectivity index (χ0) is 13.1. The second-order valence-corrected chi connectivity index (χ2v) is 4.95. The molecule has 0 aromatic heterocycles. The van der Waals surface area contributed by atoms with Crippen LogP contribution in [0.5, 0.6) is 5.75 Å². The summed E-state index contributed by atoms with van der Waals surface area (Å²) >= 11 is 0. The number of carbonyl (C=O) groups excluding carboxylic acids is 1. The molecule has 4 nitrogen and oxygen atoms in total. The smallest absolute Gasteiger partial charge is 0.241 e. The van der Waals surface area contributed by atoms with E-state index < -0.39 is 0 Å². The Morgan fingerprint density at radius 1 is 1.33 bits per heavy atom. The second kappa shape index (κ2) is 5.40. The van der Waals surface area contributed by atoms with Gasteiger partial charge in [-0.05, 0) is 56.5 Å². The van der Waals surface area contributed by atoms with Crippen LogP contribution in [0.4, 0.5) is 5.69 Å². The summed E-state index contributed by atoms with van der Waals surface area (Å²) in [5, 5.41) is 15.7. The van der Waals surface area contributed by atoms with Gasteiger partial charge in [0.15, 0.2) is 0 Å². The molecule has 1 saturated heterocycles. The molecule has 0 saturated carbocycles. The van der Waals surface area contributed by atoms with E-state index in [4.69, 9.17) is 0 Å². The van der Waals surface area contributed by atoms with Crippen LogP contribution in [0.25, 0.3) is 0 Å². The molecule has 0 spiro atoms. The molecule has 0 aliphatic carbocycles. The molecule has 1 unspecified atom stereocenters. The summed E-state index contributed by atoms with van der Waals surface area (Å²) in [6.45, 7) is 4.68. The Hall–Kier alpha value is -1.55. The summed E-state index contributed by atoms with van der Waals surface area (Å²) in [6.07, 6.45) is 3.13. The fraction of sp³-hybridized carbons (Fsp3) is 0.500. The van der Waals surface area contributed by atoms with Gasteiger partial charge in [-0.25, -0.2) is 0 Å². The summed E-state index contributed by atoms with van der Waals surface area (Å²) in [4.78, 5) is 12.1. The lowest BCUT2D eigenvalue weighted by atomic mass is 10.0. The molecule has 1 aliphatic heterocycles. The monoisotopic (exact) mass is 248 g/mol.